The fraction of sp³-hybridized carbons (Fsp3) is 0.824. The molecule has 1 aromatic rings. The van der Waals surface area contributed by atoms with Gasteiger partial charge in [-0.2, -0.15) is 0 Å². The zero-order valence-electron chi connectivity index (χ0n) is 15.3. The maximum Gasteiger partial charge on any atom is 0.0954 e. The molecule has 122 valence electrons. The topological polar surface area (TPSA) is 24.3 Å². The van der Waals surface area contributed by atoms with Crippen LogP contribution in [-0.4, -0.2) is 58.1 Å². The molecule has 0 amide bonds. The maximum atomic E-state index is 4.15. The van der Waals surface area contributed by atoms with Crippen LogP contribution < -0.4 is 0 Å². The second kappa shape index (κ2) is 6.93. The lowest BCUT2D eigenvalue weighted by molar-refractivity contribution is 0.0735. The van der Waals surface area contributed by atoms with Crippen molar-refractivity contribution in [1.29, 1.82) is 0 Å². The molecule has 4 nitrogen and oxygen atoms in total. The number of piperazine rings is 1. The van der Waals surface area contributed by atoms with Crippen LogP contribution in [0.2, 0.25) is 0 Å². The molecule has 0 unspecified atom stereocenters. The molecule has 0 spiro atoms. The van der Waals surface area contributed by atoms with Gasteiger partial charge in [-0.3, -0.25) is 4.90 Å². The van der Waals surface area contributed by atoms with Crippen molar-refractivity contribution in [3.05, 3.63) is 18.2 Å². The number of aromatic nitrogens is 2. The lowest BCUT2D eigenvalue weighted by Gasteiger charge is -2.41. The number of hydrogen-bond acceptors (Lipinski definition) is 3. The van der Waals surface area contributed by atoms with E-state index >= 15 is 0 Å². The first-order valence-corrected chi connectivity index (χ1v) is 7.95. The molecular weight excluding hydrogens is 260 g/mol. The van der Waals surface area contributed by atoms with Gasteiger partial charge in [-0.05, 0) is 55.5 Å². The first kappa shape index (κ1) is 18.2. The Bertz CT molecular complexity index is 415. The third-order valence-corrected chi connectivity index (χ3v) is 3.94. The Morgan fingerprint density at radius 1 is 0.905 bits per heavy atom. The van der Waals surface area contributed by atoms with E-state index in [1.165, 1.54) is 26.2 Å². The predicted octanol–water partition coefficient (Wildman–Crippen LogP) is 2.98. The van der Waals surface area contributed by atoms with Crippen LogP contribution in [0.3, 0.4) is 0 Å². The Hall–Kier alpha value is -0.870. The Morgan fingerprint density at radius 2 is 1.43 bits per heavy atom. The number of hydrogen-bond donors (Lipinski definition) is 0. The van der Waals surface area contributed by atoms with E-state index in [0.717, 1.165) is 5.69 Å². The molecule has 4 heteroatoms. The monoisotopic (exact) mass is 294 g/mol. The van der Waals surface area contributed by atoms with Gasteiger partial charge in [0.2, 0.25) is 0 Å². The summed E-state index contributed by atoms with van der Waals surface area (Å²) in [5, 5.41) is 0. The third-order valence-electron chi connectivity index (χ3n) is 3.94. The van der Waals surface area contributed by atoms with Crippen LogP contribution in [0.25, 0.3) is 0 Å². The van der Waals surface area contributed by atoms with E-state index in [-0.39, 0.29) is 5.54 Å². The van der Waals surface area contributed by atoms with E-state index in [2.05, 4.69) is 74.1 Å². The second-order valence-corrected chi connectivity index (χ2v) is 8.05. The summed E-state index contributed by atoms with van der Waals surface area (Å²) in [5.74, 6) is 0. The molecule has 1 fully saturated rings. The van der Waals surface area contributed by atoms with E-state index < -0.39 is 0 Å². The molecule has 2 heterocycles. The van der Waals surface area contributed by atoms with E-state index in [1.807, 2.05) is 13.3 Å². The van der Waals surface area contributed by atoms with E-state index in [9.17, 15) is 0 Å². The van der Waals surface area contributed by atoms with Crippen molar-refractivity contribution >= 4 is 0 Å². The van der Waals surface area contributed by atoms with E-state index in [0.29, 0.717) is 5.54 Å². The Kier molecular flexibility index (Phi) is 6.00. The molecule has 1 aliphatic rings. The molecular formula is C17H34N4. The summed E-state index contributed by atoms with van der Waals surface area (Å²) in [6.45, 7) is 20.2. The molecule has 0 aromatic carbocycles. The Balaban J connectivity index is 0.000000211. The molecule has 2 rings (SSSR count). The van der Waals surface area contributed by atoms with Gasteiger partial charge in [0.1, 0.15) is 0 Å². The van der Waals surface area contributed by atoms with Gasteiger partial charge >= 0.3 is 0 Å². The molecule has 0 saturated carbocycles. The fourth-order valence-corrected chi connectivity index (χ4v) is 2.27. The molecule has 1 saturated heterocycles. The number of rotatable bonds is 0. The third kappa shape index (κ3) is 6.18. The largest absolute Gasteiger partial charge is 0.332 e. The van der Waals surface area contributed by atoms with Crippen LogP contribution in [0.4, 0.5) is 0 Å². The van der Waals surface area contributed by atoms with Crippen LogP contribution in [0, 0.1) is 6.92 Å². The average Bonchev–Trinajstić information content (AvgIpc) is 2.76. The summed E-state index contributed by atoms with van der Waals surface area (Å²) in [6, 6.07) is 0. The molecule has 0 bridgehead atoms. The quantitative estimate of drug-likeness (QED) is 0.735. The minimum atomic E-state index is 0.168. The van der Waals surface area contributed by atoms with Gasteiger partial charge in [0.25, 0.3) is 0 Å². The van der Waals surface area contributed by atoms with Crippen LogP contribution in [0.15, 0.2) is 12.5 Å². The fourth-order valence-electron chi connectivity index (χ4n) is 2.27. The number of nitrogens with zero attached hydrogens (tertiary/aromatic N) is 4. The molecule has 0 N–H and O–H groups in total. The van der Waals surface area contributed by atoms with Gasteiger partial charge < -0.3 is 9.47 Å². The van der Waals surface area contributed by atoms with Crippen LogP contribution in [0.5, 0.6) is 0 Å². The predicted molar refractivity (Wildman–Crippen MR) is 90.8 cm³/mol. The van der Waals surface area contributed by atoms with Crippen molar-refractivity contribution in [3.8, 4) is 0 Å². The van der Waals surface area contributed by atoms with Gasteiger partial charge in [0.15, 0.2) is 0 Å². The highest BCUT2D eigenvalue weighted by molar-refractivity contribution is 4.95. The first-order chi connectivity index (χ1) is 9.50. The van der Waals surface area contributed by atoms with Crippen molar-refractivity contribution in [1.82, 2.24) is 19.4 Å². The highest BCUT2D eigenvalue weighted by Crippen LogP contribution is 2.14. The zero-order valence-corrected chi connectivity index (χ0v) is 15.3. The van der Waals surface area contributed by atoms with Crippen LogP contribution in [-0.2, 0) is 5.54 Å². The SMILES string of the molecule is CN1CCN(C(C)(C)C)CC1.Cc1cn(C(C)(C)C)cn1. The summed E-state index contributed by atoms with van der Waals surface area (Å²) in [5.41, 5.74) is 1.61. The summed E-state index contributed by atoms with van der Waals surface area (Å²) in [7, 11) is 2.19. The molecule has 1 aromatic heterocycles. The highest BCUT2D eigenvalue weighted by Gasteiger charge is 2.23. The average molecular weight is 294 g/mol. The van der Waals surface area contributed by atoms with Gasteiger partial charge in [-0.15, -0.1) is 0 Å². The van der Waals surface area contributed by atoms with Crippen molar-refractivity contribution in [2.24, 2.45) is 0 Å². The van der Waals surface area contributed by atoms with Gasteiger partial charge in [0, 0.05) is 43.5 Å². The molecule has 21 heavy (non-hydrogen) atoms. The standard InChI is InChI=1S/C9H20N2.C8H14N2/c1-9(2,3)11-7-5-10(4)6-8-11;1-7-5-10(6-9-7)8(2,3)4/h5-8H2,1-4H3;5-6H,1-4H3. The summed E-state index contributed by atoms with van der Waals surface area (Å²) in [6.07, 6.45) is 3.93. The van der Waals surface area contributed by atoms with Gasteiger partial charge in [-0.1, -0.05) is 0 Å². The van der Waals surface area contributed by atoms with Crippen molar-refractivity contribution in [2.45, 2.75) is 59.5 Å². The summed E-state index contributed by atoms with van der Waals surface area (Å²) >= 11 is 0. The smallest absolute Gasteiger partial charge is 0.0954 e. The molecule has 0 atom stereocenters. The zero-order chi connectivity index (χ0) is 16.3. The normalized spacial score (nSPS) is 18.3. The van der Waals surface area contributed by atoms with Crippen LogP contribution >= 0.6 is 0 Å². The number of imidazole rings is 1. The van der Waals surface area contributed by atoms with Crippen molar-refractivity contribution in [2.75, 3.05) is 33.2 Å². The Morgan fingerprint density at radius 3 is 1.71 bits per heavy atom. The minimum Gasteiger partial charge on any atom is -0.332 e. The van der Waals surface area contributed by atoms with Crippen molar-refractivity contribution in [3.63, 3.8) is 0 Å². The van der Waals surface area contributed by atoms with Gasteiger partial charge in [0.05, 0.1) is 12.0 Å². The molecule has 0 aliphatic carbocycles. The summed E-state index contributed by atoms with van der Waals surface area (Å²) in [4.78, 5) is 9.09. The number of likely N-dealkylation sites (N-methyl/N-ethyl adjacent to an activating group) is 1. The Labute approximate surface area is 131 Å². The van der Waals surface area contributed by atoms with E-state index in [1.54, 1.807) is 0 Å². The lowest BCUT2D eigenvalue weighted by Crippen LogP contribution is -2.52. The van der Waals surface area contributed by atoms with E-state index in [4.69, 9.17) is 0 Å². The van der Waals surface area contributed by atoms with Crippen molar-refractivity contribution < 1.29 is 0 Å². The number of aryl methyl sites for hydroxylation is 1. The summed E-state index contributed by atoms with van der Waals surface area (Å²) < 4.78 is 2.11. The lowest BCUT2D eigenvalue weighted by atomic mass is 10.1. The van der Waals surface area contributed by atoms with Gasteiger partial charge in [-0.25, -0.2) is 4.98 Å². The molecule has 1 aliphatic heterocycles. The molecule has 0 radical (unpaired) electrons. The second-order valence-electron chi connectivity index (χ2n) is 8.05. The highest BCUT2D eigenvalue weighted by atomic mass is 15.3. The minimum absolute atomic E-state index is 0.168. The first-order valence-electron chi connectivity index (χ1n) is 7.95. The maximum absolute atomic E-state index is 4.15. The van der Waals surface area contributed by atoms with Crippen LogP contribution in [0.1, 0.15) is 47.2 Å².